The molecule has 0 radical (unpaired) electrons. The zero-order chi connectivity index (χ0) is 14.7. The summed E-state index contributed by atoms with van der Waals surface area (Å²) in [4.78, 5) is 22.0. The Morgan fingerprint density at radius 1 is 1.50 bits per heavy atom. The smallest absolute Gasteiger partial charge is 0.323 e. The Kier molecular flexibility index (Phi) is 4.04. The van der Waals surface area contributed by atoms with Gasteiger partial charge in [0.15, 0.2) is 11.5 Å². The first-order chi connectivity index (χ1) is 9.52. The zero-order valence-electron chi connectivity index (χ0n) is 10.8. The molecule has 1 aromatic carbocycles. The van der Waals surface area contributed by atoms with Gasteiger partial charge in [-0.1, -0.05) is 0 Å². The van der Waals surface area contributed by atoms with E-state index in [1.807, 2.05) is 0 Å². The molecule has 0 amide bonds. The van der Waals surface area contributed by atoms with E-state index in [1.54, 1.807) is 6.92 Å². The first-order valence-corrected chi connectivity index (χ1v) is 6.02. The molecule has 0 fully saturated rings. The minimum absolute atomic E-state index is 0.00815. The molecular formula is C12H14N2O6. The topological polar surface area (TPSA) is 114 Å². The lowest BCUT2D eigenvalue weighted by Gasteiger charge is -2.11. The van der Waals surface area contributed by atoms with Crippen molar-refractivity contribution < 1.29 is 23.9 Å². The van der Waals surface area contributed by atoms with Crippen LogP contribution in [0.15, 0.2) is 12.1 Å². The lowest BCUT2D eigenvalue weighted by molar-refractivity contribution is -0.385. The molecule has 8 nitrogen and oxygen atoms in total. The summed E-state index contributed by atoms with van der Waals surface area (Å²) >= 11 is 0. The highest BCUT2D eigenvalue weighted by molar-refractivity contribution is 5.76. The summed E-state index contributed by atoms with van der Waals surface area (Å²) in [6, 6.07) is 1.78. The molecule has 0 aromatic heterocycles. The fourth-order valence-corrected chi connectivity index (χ4v) is 1.88. The Hall–Kier alpha value is -2.35. The Balaban J connectivity index is 2.26. The van der Waals surface area contributed by atoms with Crippen molar-refractivity contribution in [1.29, 1.82) is 0 Å². The fourth-order valence-electron chi connectivity index (χ4n) is 1.88. The molecule has 1 unspecified atom stereocenters. The number of fused-ring (bicyclic) bond motifs is 1. The quantitative estimate of drug-likeness (QED) is 0.481. The van der Waals surface area contributed by atoms with Crippen LogP contribution in [0.25, 0.3) is 0 Å². The lowest BCUT2D eigenvalue weighted by atomic mass is 10.0. The van der Waals surface area contributed by atoms with Crippen LogP contribution in [-0.4, -0.2) is 30.3 Å². The minimum Gasteiger partial charge on any atom is -0.465 e. The molecule has 0 bridgehead atoms. The molecule has 1 aliphatic rings. The van der Waals surface area contributed by atoms with Gasteiger partial charge in [0.25, 0.3) is 5.69 Å². The Morgan fingerprint density at radius 3 is 2.75 bits per heavy atom. The zero-order valence-corrected chi connectivity index (χ0v) is 10.8. The molecule has 1 aromatic rings. The second kappa shape index (κ2) is 5.74. The van der Waals surface area contributed by atoms with Crippen molar-refractivity contribution >= 4 is 11.7 Å². The van der Waals surface area contributed by atoms with Gasteiger partial charge in [-0.05, 0) is 13.0 Å². The van der Waals surface area contributed by atoms with Gasteiger partial charge in [0.1, 0.15) is 6.04 Å². The van der Waals surface area contributed by atoms with Crippen LogP contribution in [-0.2, 0) is 16.0 Å². The highest BCUT2D eigenvalue weighted by Gasteiger charge is 2.26. The van der Waals surface area contributed by atoms with E-state index in [1.165, 1.54) is 12.1 Å². The van der Waals surface area contributed by atoms with E-state index in [0.717, 1.165) is 0 Å². The average molecular weight is 282 g/mol. The highest BCUT2D eigenvalue weighted by atomic mass is 16.7. The van der Waals surface area contributed by atoms with Crippen LogP contribution in [0.4, 0.5) is 5.69 Å². The fraction of sp³-hybridized carbons (Fsp3) is 0.417. The molecule has 2 rings (SSSR count). The number of carbonyl (C=O) groups is 1. The van der Waals surface area contributed by atoms with Crippen LogP contribution in [0, 0.1) is 10.1 Å². The summed E-state index contributed by atoms with van der Waals surface area (Å²) < 4.78 is 15.0. The van der Waals surface area contributed by atoms with Crippen molar-refractivity contribution in [3.63, 3.8) is 0 Å². The van der Waals surface area contributed by atoms with E-state index in [0.29, 0.717) is 17.1 Å². The van der Waals surface area contributed by atoms with Crippen molar-refractivity contribution in [2.45, 2.75) is 19.4 Å². The van der Waals surface area contributed by atoms with Gasteiger partial charge in [-0.25, -0.2) is 0 Å². The van der Waals surface area contributed by atoms with Crippen LogP contribution in [0.1, 0.15) is 12.5 Å². The maximum absolute atomic E-state index is 11.5. The van der Waals surface area contributed by atoms with Crippen LogP contribution < -0.4 is 15.2 Å². The summed E-state index contributed by atoms with van der Waals surface area (Å²) in [5.41, 5.74) is 5.83. The molecule has 0 aliphatic carbocycles. The first kappa shape index (κ1) is 14.1. The van der Waals surface area contributed by atoms with Gasteiger partial charge in [0.2, 0.25) is 6.79 Å². The lowest BCUT2D eigenvalue weighted by Crippen LogP contribution is -2.34. The second-order valence-corrected chi connectivity index (χ2v) is 4.15. The number of nitro benzene ring substituents is 1. The molecular weight excluding hydrogens is 268 g/mol. The van der Waals surface area contributed by atoms with Crippen molar-refractivity contribution in [3.8, 4) is 11.5 Å². The van der Waals surface area contributed by atoms with Gasteiger partial charge in [-0.3, -0.25) is 14.9 Å². The van der Waals surface area contributed by atoms with E-state index >= 15 is 0 Å². The standard InChI is InChI=1S/C12H14N2O6/c1-2-18-12(15)8(13)3-7-4-10-11(20-6-19-10)5-9(7)14(16)17/h4-5,8H,2-3,6,13H2,1H3. The van der Waals surface area contributed by atoms with Gasteiger partial charge < -0.3 is 19.9 Å². The molecule has 0 saturated heterocycles. The van der Waals surface area contributed by atoms with E-state index in [-0.39, 0.29) is 25.5 Å². The van der Waals surface area contributed by atoms with Crippen LogP contribution in [0.2, 0.25) is 0 Å². The van der Waals surface area contributed by atoms with Gasteiger partial charge in [-0.2, -0.15) is 0 Å². The number of nitrogens with two attached hydrogens (primary N) is 1. The third-order valence-corrected chi connectivity index (χ3v) is 2.80. The third-order valence-electron chi connectivity index (χ3n) is 2.80. The van der Waals surface area contributed by atoms with Crippen molar-refractivity contribution in [2.75, 3.05) is 13.4 Å². The van der Waals surface area contributed by atoms with Crippen molar-refractivity contribution in [3.05, 3.63) is 27.8 Å². The SMILES string of the molecule is CCOC(=O)C(N)Cc1cc2c(cc1[N+](=O)[O-])OCO2. The second-order valence-electron chi connectivity index (χ2n) is 4.15. The number of benzene rings is 1. The number of esters is 1. The predicted molar refractivity (Wildman–Crippen MR) is 67.5 cm³/mol. The highest BCUT2D eigenvalue weighted by Crippen LogP contribution is 2.38. The molecule has 1 atom stereocenters. The maximum Gasteiger partial charge on any atom is 0.323 e. The third kappa shape index (κ3) is 2.80. The van der Waals surface area contributed by atoms with Crippen LogP contribution in [0.3, 0.4) is 0 Å². The Labute approximate surface area is 114 Å². The van der Waals surface area contributed by atoms with E-state index in [4.69, 9.17) is 19.9 Å². The molecule has 0 saturated carbocycles. The summed E-state index contributed by atoms with van der Waals surface area (Å²) in [6.45, 7) is 1.88. The number of ether oxygens (including phenoxy) is 3. The van der Waals surface area contributed by atoms with Gasteiger partial charge in [0.05, 0.1) is 17.6 Å². The molecule has 1 heterocycles. The van der Waals surface area contributed by atoms with Crippen LogP contribution in [0.5, 0.6) is 11.5 Å². The van der Waals surface area contributed by atoms with Gasteiger partial charge in [0, 0.05) is 12.0 Å². The number of hydrogen-bond donors (Lipinski definition) is 1. The first-order valence-electron chi connectivity index (χ1n) is 6.02. The van der Waals surface area contributed by atoms with E-state index in [2.05, 4.69) is 0 Å². The minimum atomic E-state index is -0.964. The number of nitro groups is 1. The molecule has 0 spiro atoms. The maximum atomic E-state index is 11.5. The van der Waals surface area contributed by atoms with Gasteiger partial charge >= 0.3 is 5.97 Å². The van der Waals surface area contributed by atoms with E-state index < -0.39 is 16.9 Å². The molecule has 108 valence electrons. The molecule has 20 heavy (non-hydrogen) atoms. The summed E-state index contributed by atoms with van der Waals surface area (Å²) in [6.07, 6.45) is -0.00815. The molecule has 1 aliphatic heterocycles. The van der Waals surface area contributed by atoms with Crippen molar-refractivity contribution in [1.82, 2.24) is 0 Å². The van der Waals surface area contributed by atoms with E-state index in [9.17, 15) is 14.9 Å². The Bertz CT molecular complexity index is 545. The van der Waals surface area contributed by atoms with Crippen LogP contribution >= 0.6 is 0 Å². The van der Waals surface area contributed by atoms with Gasteiger partial charge in [-0.15, -0.1) is 0 Å². The summed E-state index contributed by atoms with van der Waals surface area (Å²) in [5.74, 6) is 0.117. The molecule has 2 N–H and O–H groups in total. The predicted octanol–water partition coefficient (Wildman–Crippen LogP) is 0.756. The normalized spacial score (nSPS) is 13.9. The Morgan fingerprint density at radius 2 is 2.15 bits per heavy atom. The largest absolute Gasteiger partial charge is 0.465 e. The summed E-state index contributed by atoms with van der Waals surface area (Å²) in [5, 5.41) is 11.1. The monoisotopic (exact) mass is 282 g/mol. The average Bonchev–Trinajstić information content (AvgIpc) is 2.84. The van der Waals surface area contributed by atoms with Crippen molar-refractivity contribution in [2.24, 2.45) is 5.73 Å². The number of rotatable bonds is 5. The number of carbonyl (C=O) groups excluding carboxylic acids is 1. The number of hydrogen-bond acceptors (Lipinski definition) is 7. The molecule has 8 heteroatoms. The number of nitrogens with zero attached hydrogens (tertiary/aromatic N) is 1. The summed E-state index contributed by atoms with van der Waals surface area (Å²) in [7, 11) is 0.